The predicted octanol–water partition coefficient (Wildman–Crippen LogP) is 2.96. The molecule has 1 aromatic rings. The van der Waals surface area contributed by atoms with Gasteiger partial charge in [-0.2, -0.15) is 0 Å². The molecule has 13 heavy (non-hydrogen) atoms. The Morgan fingerprint density at radius 2 is 2.38 bits per heavy atom. The summed E-state index contributed by atoms with van der Waals surface area (Å²) in [5.41, 5.74) is 2.82. The van der Waals surface area contributed by atoms with Crippen LogP contribution >= 0.6 is 11.6 Å². The topological polar surface area (TPSA) is 9.23 Å². The lowest BCUT2D eigenvalue weighted by Crippen LogP contribution is -1.94. The Balaban J connectivity index is 2.34. The third kappa shape index (κ3) is 1.53. The number of alkyl halides is 1. The van der Waals surface area contributed by atoms with Crippen LogP contribution in [0.25, 0.3) is 0 Å². The van der Waals surface area contributed by atoms with Crippen LogP contribution in [0, 0.1) is 0 Å². The number of fused-ring (bicyclic) bond motifs is 1. The van der Waals surface area contributed by atoms with E-state index in [2.05, 4.69) is 12.1 Å². The van der Waals surface area contributed by atoms with Gasteiger partial charge in [-0.25, -0.2) is 0 Å². The van der Waals surface area contributed by atoms with Crippen molar-refractivity contribution in [2.75, 3.05) is 13.0 Å². The maximum atomic E-state index is 5.88. The fourth-order valence-corrected chi connectivity index (χ4v) is 2.29. The van der Waals surface area contributed by atoms with E-state index in [1.807, 2.05) is 6.07 Å². The van der Waals surface area contributed by atoms with Gasteiger partial charge in [0.2, 0.25) is 0 Å². The smallest absolute Gasteiger partial charge is 0.119 e. The van der Waals surface area contributed by atoms with Crippen molar-refractivity contribution in [1.82, 2.24) is 0 Å². The molecule has 0 fully saturated rings. The summed E-state index contributed by atoms with van der Waals surface area (Å²) in [4.78, 5) is 0. The number of hydrogen-bond donors (Lipinski definition) is 0. The Hall–Kier alpha value is -0.690. The summed E-state index contributed by atoms with van der Waals surface area (Å²) in [6, 6.07) is 6.29. The standard InChI is InChI=1S/C11H13ClO/c1-13-10-4-5-11-8(6-10)2-3-9(11)7-12/h4-6,9H,2-3,7H2,1H3. The van der Waals surface area contributed by atoms with Gasteiger partial charge >= 0.3 is 0 Å². The number of hydrogen-bond acceptors (Lipinski definition) is 1. The van der Waals surface area contributed by atoms with Crippen molar-refractivity contribution in [2.24, 2.45) is 0 Å². The Bertz CT molecular complexity index is 309. The van der Waals surface area contributed by atoms with E-state index in [1.165, 1.54) is 17.5 Å². The first-order valence-electron chi connectivity index (χ1n) is 4.58. The predicted molar refractivity (Wildman–Crippen MR) is 54.8 cm³/mol. The molecule has 0 amide bonds. The molecule has 70 valence electrons. The van der Waals surface area contributed by atoms with Gasteiger partial charge in [0.05, 0.1) is 7.11 Å². The fraction of sp³-hybridized carbons (Fsp3) is 0.455. The van der Waals surface area contributed by atoms with Gasteiger partial charge in [-0.15, -0.1) is 11.6 Å². The van der Waals surface area contributed by atoms with Crippen molar-refractivity contribution in [1.29, 1.82) is 0 Å². The van der Waals surface area contributed by atoms with Crippen LogP contribution in [0.5, 0.6) is 5.75 Å². The summed E-state index contributed by atoms with van der Waals surface area (Å²) in [6.45, 7) is 0. The highest BCUT2D eigenvalue weighted by Crippen LogP contribution is 2.35. The van der Waals surface area contributed by atoms with Crippen LogP contribution in [-0.2, 0) is 6.42 Å². The molecule has 1 aromatic carbocycles. The normalized spacial score (nSPS) is 20.0. The van der Waals surface area contributed by atoms with Crippen LogP contribution < -0.4 is 4.74 Å². The van der Waals surface area contributed by atoms with Crippen LogP contribution in [0.4, 0.5) is 0 Å². The zero-order chi connectivity index (χ0) is 9.26. The highest BCUT2D eigenvalue weighted by molar-refractivity contribution is 6.18. The average Bonchev–Trinajstić information content (AvgIpc) is 2.59. The summed E-state index contributed by atoms with van der Waals surface area (Å²) in [5, 5.41) is 0. The van der Waals surface area contributed by atoms with Crippen molar-refractivity contribution >= 4 is 11.6 Å². The Kier molecular flexibility index (Phi) is 2.45. The second-order valence-electron chi connectivity index (χ2n) is 3.45. The lowest BCUT2D eigenvalue weighted by atomic mass is 10.0. The van der Waals surface area contributed by atoms with E-state index >= 15 is 0 Å². The Morgan fingerprint density at radius 3 is 3.08 bits per heavy atom. The summed E-state index contributed by atoms with van der Waals surface area (Å²) < 4.78 is 5.18. The molecule has 1 nitrogen and oxygen atoms in total. The summed E-state index contributed by atoms with van der Waals surface area (Å²) >= 11 is 5.88. The largest absolute Gasteiger partial charge is 0.497 e. The van der Waals surface area contributed by atoms with Gasteiger partial charge in [-0.1, -0.05) is 6.07 Å². The molecule has 0 aliphatic heterocycles. The Labute approximate surface area is 83.7 Å². The first-order valence-corrected chi connectivity index (χ1v) is 5.11. The maximum Gasteiger partial charge on any atom is 0.119 e. The van der Waals surface area contributed by atoms with Gasteiger partial charge in [0.15, 0.2) is 0 Å². The van der Waals surface area contributed by atoms with Crippen LogP contribution in [-0.4, -0.2) is 13.0 Å². The molecule has 1 unspecified atom stereocenters. The van der Waals surface area contributed by atoms with Crippen molar-refractivity contribution in [3.05, 3.63) is 29.3 Å². The van der Waals surface area contributed by atoms with Gasteiger partial charge in [0, 0.05) is 5.88 Å². The molecule has 0 aromatic heterocycles. The number of aryl methyl sites for hydroxylation is 1. The molecule has 0 N–H and O–H groups in total. The molecule has 0 saturated carbocycles. The second-order valence-corrected chi connectivity index (χ2v) is 3.76. The highest BCUT2D eigenvalue weighted by atomic mass is 35.5. The van der Waals surface area contributed by atoms with Crippen molar-refractivity contribution in [2.45, 2.75) is 18.8 Å². The highest BCUT2D eigenvalue weighted by Gasteiger charge is 2.21. The molecule has 0 heterocycles. The van der Waals surface area contributed by atoms with Gasteiger partial charge in [-0.3, -0.25) is 0 Å². The SMILES string of the molecule is COc1ccc2c(c1)CCC2CCl. The fourth-order valence-electron chi connectivity index (χ4n) is 1.97. The van der Waals surface area contributed by atoms with Gasteiger partial charge in [0.1, 0.15) is 5.75 Å². The molecule has 2 heteroatoms. The van der Waals surface area contributed by atoms with Crippen LogP contribution in [0.15, 0.2) is 18.2 Å². The zero-order valence-corrected chi connectivity index (χ0v) is 8.47. The third-order valence-electron chi connectivity index (χ3n) is 2.74. The number of methoxy groups -OCH3 is 1. The number of benzene rings is 1. The average molecular weight is 197 g/mol. The van der Waals surface area contributed by atoms with E-state index < -0.39 is 0 Å². The quantitative estimate of drug-likeness (QED) is 0.661. The summed E-state index contributed by atoms with van der Waals surface area (Å²) in [7, 11) is 1.70. The van der Waals surface area contributed by atoms with E-state index in [0.29, 0.717) is 5.92 Å². The monoisotopic (exact) mass is 196 g/mol. The lowest BCUT2D eigenvalue weighted by Gasteiger charge is -2.07. The van der Waals surface area contributed by atoms with Crippen LogP contribution in [0.1, 0.15) is 23.5 Å². The minimum Gasteiger partial charge on any atom is -0.497 e. The molecule has 1 atom stereocenters. The first-order chi connectivity index (χ1) is 6.35. The molecule has 0 saturated heterocycles. The molecular weight excluding hydrogens is 184 g/mol. The van der Waals surface area contributed by atoms with Gasteiger partial charge in [-0.05, 0) is 42.0 Å². The van der Waals surface area contributed by atoms with Crippen molar-refractivity contribution < 1.29 is 4.74 Å². The van der Waals surface area contributed by atoms with E-state index in [4.69, 9.17) is 16.3 Å². The van der Waals surface area contributed by atoms with E-state index in [1.54, 1.807) is 7.11 Å². The molecule has 0 bridgehead atoms. The third-order valence-corrected chi connectivity index (χ3v) is 3.11. The maximum absolute atomic E-state index is 5.88. The number of rotatable bonds is 2. The second kappa shape index (κ2) is 3.59. The van der Waals surface area contributed by atoms with Gasteiger partial charge < -0.3 is 4.74 Å². The first kappa shape index (κ1) is 8.89. The molecule has 0 radical (unpaired) electrons. The van der Waals surface area contributed by atoms with Crippen LogP contribution in [0.3, 0.4) is 0 Å². The number of halogens is 1. The molecule has 2 rings (SSSR count). The summed E-state index contributed by atoms with van der Waals surface area (Å²) in [5.74, 6) is 2.25. The Morgan fingerprint density at radius 1 is 1.54 bits per heavy atom. The molecule has 1 aliphatic carbocycles. The lowest BCUT2D eigenvalue weighted by molar-refractivity contribution is 0.414. The zero-order valence-electron chi connectivity index (χ0n) is 7.72. The summed E-state index contributed by atoms with van der Waals surface area (Å²) in [6.07, 6.45) is 2.33. The minimum absolute atomic E-state index is 0.558. The van der Waals surface area contributed by atoms with E-state index in [0.717, 1.165) is 18.1 Å². The van der Waals surface area contributed by atoms with Gasteiger partial charge in [0.25, 0.3) is 0 Å². The molecular formula is C11H13ClO. The van der Waals surface area contributed by atoms with E-state index in [9.17, 15) is 0 Å². The van der Waals surface area contributed by atoms with E-state index in [-0.39, 0.29) is 0 Å². The van der Waals surface area contributed by atoms with Crippen LogP contribution in [0.2, 0.25) is 0 Å². The van der Waals surface area contributed by atoms with Crippen molar-refractivity contribution in [3.63, 3.8) is 0 Å². The minimum atomic E-state index is 0.558. The van der Waals surface area contributed by atoms with Crippen molar-refractivity contribution in [3.8, 4) is 5.75 Å². The number of ether oxygens (including phenoxy) is 1. The molecule has 0 spiro atoms. The molecule has 1 aliphatic rings.